The topological polar surface area (TPSA) is 38.4 Å². The molecule has 0 saturated carbocycles. The molecule has 2 rings (SSSR count). The molecule has 0 unspecified atom stereocenters. The fourth-order valence-corrected chi connectivity index (χ4v) is 2.83. The maximum atomic E-state index is 6.09. The Labute approximate surface area is 139 Å². The molecule has 5 heteroatoms. The van der Waals surface area contributed by atoms with Gasteiger partial charge in [-0.1, -0.05) is 65.4 Å². The summed E-state index contributed by atoms with van der Waals surface area (Å²) in [6.45, 7) is 3.99. The van der Waals surface area contributed by atoms with Gasteiger partial charge in [0.25, 0.3) is 0 Å². The second-order valence-corrected chi connectivity index (χ2v) is 6.76. The summed E-state index contributed by atoms with van der Waals surface area (Å²) in [5, 5.41) is 0.669. The highest BCUT2D eigenvalue weighted by Crippen LogP contribution is 2.22. The molecule has 0 fully saturated rings. The summed E-state index contributed by atoms with van der Waals surface area (Å²) in [5.74, 6) is 0.376. The van der Waals surface area contributed by atoms with Crippen LogP contribution < -0.4 is 5.73 Å². The Morgan fingerprint density at radius 2 is 1.81 bits per heavy atom. The number of rotatable bonds is 2. The van der Waals surface area contributed by atoms with Crippen LogP contribution in [0.15, 0.2) is 52.4 Å². The second-order valence-electron chi connectivity index (χ2n) is 4.64. The van der Waals surface area contributed by atoms with E-state index in [0.29, 0.717) is 15.2 Å². The molecule has 108 valence electrons. The average Bonchev–Trinajstić information content (AvgIpc) is 2.44. The zero-order valence-electron chi connectivity index (χ0n) is 11.8. The number of benzene rings is 2. The number of aliphatic imine (C=N–C) groups is 1. The van der Waals surface area contributed by atoms with E-state index in [-0.39, 0.29) is 0 Å². The van der Waals surface area contributed by atoms with Gasteiger partial charge in [-0.2, -0.15) is 0 Å². The molecule has 2 aromatic carbocycles. The molecule has 21 heavy (non-hydrogen) atoms. The van der Waals surface area contributed by atoms with Gasteiger partial charge in [0.15, 0.2) is 4.32 Å². The average molecular weight is 335 g/mol. The Hall–Kier alpha value is -1.36. The van der Waals surface area contributed by atoms with E-state index in [1.54, 1.807) is 6.07 Å². The number of halogens is 1. The Morgan fingerprint density at radius 3 is 2.43 bits per heavy atom. The summed E-state index contributed by atoms with van der Waals surface area (Å²) in [4.78, 5) is 5.31. The number of hydrogen-bond donors (Lipinski definition) is 1. The molecule has 0 bridgehead atoms. The van der Waals surface area contributed by atoms with E-state index in [1.165, 1.54) is 17.3 Å². The van der Waals surface area contributed by atoms with Crippen LogP contribution in [0.2, 0.25) is 5.02 Å². The van der Waals surface area contributed by atoms with Crippen LogP contribution in [0.3, 0.4) is 0 Å². The Bertz CT molecular complexity index is 694. The smallest absolute Gasteiger partial charge is 0.166 e. The van der Waals surface area contributed by atoms with Crippen molar-refractivity contribution in [3.8, 4) is 0 Å². The molecule has 0 atom stereocenters. The highest BCUT2D eigenvalue weighted by atomic mass is 35.5. The molecule has 0 aliphatic carbocycles. The maximum Gasteiger partial charge on any atom is 0.166 e. The molecule has 2 aromatic rings. The molecule has 0 aromatic heterocycles. The minimum atomic E-state index is 0.376. The highest BCUT2D eigenvalue weighted by Gasteiger charge is 2.04. The molecular formula is C16H15ClN2S2. The SMILES string of the molecule is Cc1ccc(SC(=S)N=C(N)c2ccc(C)c(Cl)c2)cc1. The van der Waals surface area contributed by atoms with Crippen LogP contribution in [0.4, 0.5) is 0 Å². The van der Waals surface area contributed by atoms with Crippen molar-refractivity contribution in [2.75, 3.05) is 0 Å². The number of thioether (sulfide) groups is 1. The van der Waals surface area contributed by atoms with Crippen molar-refractivity contribution in [2.24, 2.45) is 10.7 Å². The highest BCUT2D eigenvalue weighted by molar-refractivity contribution is 8.23. The van der Waals surface area contributed by atoms with Crippen LogP contribution in [0, 0.1) is 13.8 Å². The lowest BCUT2D eigenvalue weighted by molar-refractivity contribution is 1.38. The third-order valence-electron chi connectivity index (χ3n) is 2.91. The third-order valence-corrected chi connectivity index (χ3v) is 4.43. The molecule has 2 nitrogen and oxygen atoms in total. The summed E-state index contributed by atoms with van der Waals surface area (Å²) in [7, 11) is 0. The number of aryl methyl sites for hydroxylation is 2. The van der Waals surface area contributed by atoms with Crippen LogP contribution in [0.25, 0.3) is 0 Å². The van der Waals surface area contributed by atoms with E-state index in [1.807, 2.05) is 50.2 Å². The van der Waals surface area contributed by atoms with Gasteiger partial charge in [0.05, 0.1) is 0 Å². The first kappa shape index (κ1) is 16.0. The van der Waals surface area contributed by atoms with Crippen molar-refractivity contribution in [1.29, 1.82) is 0 Å². The van der Waals surface area contributed by atoms with E-state index in [4.69, 9.17) is 29.6 Å². The first-order chi connectivity index (χ1) is 9.95. The van der Waals surface area contributed by atoms with Crippen LogP contribution >= 0.6 is 35.6 Å². The lowest BCUT2D eigenvalue weighted by Crippen LogP contribution is -2.14. The first-order valence-electron chi connectivity index (χ1n) is 6.35. The van der Waals surface area contributed by atoms with Crippen molar-refractivity contribution < 1.29 is 0 Å². The van der Waals surface area contributed by atoms with Gasteiger partial charge in [0.1, 0.15) is 5.84 Å². The molecule has 0 saturated heterocycles. The fraction of sp³-hybridized carbons (Fsp3) is 0.125. The molecule has 0 aliphatic rings. The molecule has 0 radical (unpaired) electrons. The monoisotopic (exact) mass is 334 g/mol. The predicted molar refractivity (Wildman–Crippen MR) is 96.5 cm³/mol. The summed E-state index contributed by atoms with van der Waals surface area (Å²) < 4.78 is 0.480. The fourth-order valence-electron chi connectivity index (χ4n) is 1.65. The van der Waals surface area contributed by atoms with Crippen LogP contribution in [0.5, 0.6) is 0 Å². The zero-order valence-corrected chi connectivity index (χ0v) is 14.1. The molecule has 0 spiro atoms. The number of nitrogens with two attached hydrogens (primary N) is 1. The minimum Gasteiger partial charge on any atom is -0.383 e. The van der Waals surface area contributed by atoms with Crippen LogP contribution in [-0.4, -0.2) is 10.2 Å². The van der Waals surface area contributed by atoms with Crippen molar-refractivity contribution in [3.63, 3.8) is 0 Å². The van der Waals surface area contributed by atoms with Crippen LogP contribution in [0.1, 0.15) is 16.7 Å². The maximum absolute atomic E-state index is 6.09. The van der Waals surface area contributed by atoms with Crippen molar-refractivity contribution in [2.45, 2.75) is 18.7 Å². The summed E-state index contributed by atoms with van der Waals surface area (Å²) >= 11 is 12.8. The van der Waals surface area contributed by atoms with Crippen LogP contribution in [-0.2, 0) is 0 Å². The number of thiocarbonyl (C=S) groups is 1. The van der Waals surface area contributed by atoms with Gasteiger partial charge >= 0.3 is 0 Å². The quantitative estimate of drug-likeness (QED) is 0.373. The molecule has 0 heterocycles. The van der Waals surface area contributed by atoms with Crippen molar-refractivity contribution in [1.82, 2.24) is 0 Å². The Morgan fingerprint density at radius 1 is 1.14 bits per heavy atom. The van der Waals surface area contributed by atoms with Crippen molar-refractivity contribution >= 4 is 45.7 Å². The molecule has 2 N–H and O–H groups in total. The zero-order chi connectivity index (χ0) is 15.4. The standard InChI is InChI=1S/C16H15ClN2S2/c1-10-3-7-13(8-4-10)21-16(20)19-15(18)12-6-5-11(2)14(17)9-12/h3-9H,1-2H3,(H2,18,19,20). The summed E-state index contributed by atoms with van der Waals surface area (Å²) in [6.07, 6.45) is 0. The third kappa shape index (κ3) is 4.56. The molecule has 0 amide bonds. The van der Waals surface area contributed by atoms with Crippen molar-refractivity contribution in [3.05, 3.63) is 64.2 Å². The minimum absolute atomic E-state index is 0.376. The van der Waals surface area contributed by atoms with Gasteiger partial charge in [-0.25, -0.2) is 4.99 Å². The van der Waals surface area contributed by atoms with Gasteiger partial charge < -0.3 is 5.73 Å². The largest absolute Gasteiger partial charge is 0.383 e. The van der Waals surface area contributed by atoms with Gasteiger partial charge in [0, 0.05) is 15.5 Å². The van der Waals surface area contributed by atoms with Gasteiger partial charge in [-0.15, -0.1) is 0 Å². The van der Waals surface area contributed by atoms with E-state index >= 15 is 0 Å². The van der Waals surface area contributed by atoms with E-state index in [2.05, 4.69) is 4.99 Å². The van der Waals surface area contributed by atoms with E-state index in [0.717, 1.165) is 16.0 Å². The molecular weight excluding hydrogens is 320 g/mol. The molecule has 0 aliphatic heterocycles. The normalized spacial score (nSPS) is 11.5. The number of hydrogen-bond acceptors (Lipinski definition) is 2. The second kappa shape index (κ2) is 7.07. The Kier molecular flexibility index (Phi) is 5.39. The van der Waals surface area contributed by atoms with E-state index < -0.39 is 0 Å². The number of amidine groups is 1. The lowest BCUT2D eigenvalue weighted by Gasteiger charge is -2.05. The summed E-state index contributed by atoms with van der Waals surface area (Å²) in [5.41, 5.74) is 8.97. The van der Waals surface area contributed by atoms with Gasteiger partial charge in [-0.05, 0) is 37.6 Å². The van der Waals surface area contributed by atoms with E-state index in [9.17, 15) is 0 Å². The number of nitrogens with zero attached hydrogens (tertiary/aromatic N) is 1. The Balaban J connectivity index is 2.12. The van der Waals surface area contributed by atoms with Gasteiger partial charge in [0.2, 0.25) is 0 Å². The lowest BCUT2D eigenvalue weighted by atomic mass is 10.1. The van der Waals surface area contributed by atoms with Gasteiger partial charge in [-0.3, -0.25) is 0 Å². The summed E-state index contributed by atoms with van der Waals surface area (Å²) in [6, 6.07) is 13.7. The predicted octanol–water partition coefficient (Wildman–Crippen LogP) is 4.74. The first-order valence-corrected chi connectivity index (χ1v) is 7.95.